The van der Waals surface area contributed by atoms with Crippen LogP contribution in [0.15, 0.2) is 35.9 Å². The van der Waals surface area contributed by atoms with Crippen LogP contribution >= 0.6 is 0 Å². The lowest BCUT2D eigenvalue weighted by molar-refractivity contribution is 0.199. The topological polar surface area (TPSA) is 32.7 Å². The number of aliphatic hydroxyl groups is 1. The Labute approximate surface area is 109 Å². The summed E-state index contributed by atoms with van der Waals surface area (Å²) >= 11 is 0. The fourth-order valence-corrected chi connectivity index (χ4v) is 2.23. The molecule has 18 heavy (non-hydrogen) atoms. The van der Waals surface area contributed by atoms with Crippen LogP contribution in [0.25, 0.3) is 0 Å². The quantitative estimate of drug-likeness (QED) is 0.830. The summed E-state index contributed by atoms with van der Waals surface area (Å²) in [5.74, 6) is 0. The van der Waals surface area contributed by atoms with Gasteiger partial charge in [0.2, 0.25) is 0 Å². The molecule has 0 amide bonds. The number of anilines is 1. The van der Waals surface area contributed by atoms with Gasteiger partial charge in [-0.2, -0.15) is 0 Å². The molecular weight excluding hydrogens is 226 g/mol. The van der Waals surface area contributed by atoms with E-state index in [1.165, 1.54) is 11.3 Å². The SMILES string of the molecule is COCC1=CCN(c2ccc([C@H](C)O)cc2)CC1. The molecule has 0 radical (unpaired) electrons. The lowest BCUT2D eigenvalue weighted by Gasteiger charge is -2.28. The molecule has 3 nitrogen and oxygen atoms in total. The summed E-state index contributed by atoms with van der Waals surface area (Å²) in [6.45, 7) is 4.50. The van der Waals surface area contributed by atoms with Crippen LogP contribution in [0.4, 0.5) is 5.69 Å². The first-order valence-corrected chi connectivity index (χ1v) is 6.40. The van der Waals surface area contributed by atoms with Crippen LogP contribution in [0.3, 0.4) is 0 Å². The normalized spacial score (nSPS) is 17.5. The second kappa shape index (κ2) is 6.03. The molecule has 1 atom stereocenters. The van der Waals surface area contributed by atoms with E-state index in [4.69, 9.17) is 4.74 Å². The van der Waals surface area contributed by atoms with Crippen molar-refractivity contribution in [3.63, 3.8) is 0 Å². The number of hydrogen-bond donors (Lipinski definition) is 1. The van der Waals surface area contributed by atoms with Crippen LogP contribution in [-0.4, -0.2) is 31.9 Å². The Kier molecular flexibility index (Phi) is 4.39. The molecule has 1 aromatic carbocycles. The van der Waals surface area contributed by atoms with Crippen LogP contribution in [0.5, 0.6) is 0 Å². The summed E-state index contributed by atoms with van der Waals surface area (Å²) in [5, 5.41) is 9.48. The van der Waals surface area contributed by atoms with Crippen molar-refractivity contribution >= 4 is 5.69 Å². The summed E-state index contributed by atoms with van der Waals surface area (Å²) < 4.78 is 5.15. The van der Waals surface area contributed by atoms with Gasteiger partial charge in [-0.3, -0.25) is 0 Å². The van der Waals surface area contributed by atoms with Crippen molar-refractivity contribution in [2.24, 2.45) is 0 Å². The first-order chi connectivity index (χ1) is 8.70. The molecular formula is C15H21NO2. The van der Waals surface area contributed by atoms with Gasteiger partial charge in [0, 0.05) is 25.9 Å². The third kappa shape index (κ3) is 3.12. The highest BCUT2D eigenvalue weighted by atomic mass is 16.5. The zero-order valence-electron chi connectivity index (χ0n) is 11.1. The minimum atomic E-state index is -0.395. The maximum Gasteiger partial charge on any atom is 0.0761 e. The number of nitrogens with zero attached hydrogens (tertiary/aromatic N) is 1. The summed E-state index contributed by atoms with van der Waals surface area (Å²) in [6.07, 6.45) is 2.91. The molecule has 1 N–H and O–H groups in total. The van der Waals surface area contributed by atoms with E-state index >= 15 is 0 Å². The number of ether oxygens (including phenoxy) is 1. The molecule has 0 spiro atoms. The van der Waals surface area contributed by atoms with Gasteiger partial charge < -0.3 is 14.7 Å². The molecule has 1 aliphatic heterocycles. The zero-order chi connectivity index (χ0) is 13.0. The minimum absolute atomic E-state index is 0.395. The lowest BCUT2D eigenvalue weighted by atomic mass is 10.1. The highest BCUT2D eigenvalue weighted by molar-refractivity contribution is 5.49. The third-order valence-electron chi connectivity index (χ3n) is 3.37. The van der Waals surface area contributed by atoms with Gasteiger partial charge in [-0.05, 0) is 36.6 Å². The van der Waals surface area contributed by atoms with E-state index in [-0.39, 0.29) is 0 Å². The van der Waals surface area contributed by atoms with Crippen molar-refractivity contribution in [2.75, 3.05) is 31.7 Å². The van der Waals surface area contributed by atoms with Crippen LogP contribution < -0.4 is 4.90 Å². The molecule has 1 aromatic rings. The Bertz CT molecular complexity index is 409. The second-order valence-corrected chi connectivity index (χ2v) is 4.76. The number of aliphatic hydroxyl groups excluding tert-OH is 1. The highest BCUT2D eigenvalue weighted by Crippen LogP contribution is 2.22. The molecule has 98 valence electrons. The van der Waals surface area contributed by atoms with Crippen molar-refractivity contribution in [3.8, 4) is 0 Å². The molecule has 3 heteroatoms. The summed E-state index contributed by atoms with van der Waals surface area (Å²) in [5.41, 5.74) is 3.56. The summed E-state index contributed by atoms with van der Waals surface area (Å²) in [7, 11) is 1.74. The highest BCUT2D eigenvalue weighted by Gasteiger charge is 2.12. The second-order valence-electron chi connectivity index (χ2n) is 4.76. The molecule has 0 aliphatic carbocycles. The van der Waals surface area contributed by atoms with E-state index in [9.17, 15) is 5.11 Å². The fourth-order valence-electron chi connectivity index (χ4n) is 2.23. The fraction of sp³-hybridized carbons (Fsp3) is 0.467. The Morgan fingerprint density at radius 2 is 2.06 bits per heavy atom. The molecule has 0 saturated heterocycles. The minimum Gasteiger partial charge on any atom is -0.389 e. The number of benzene rings is 1. The summed E-state index contributed by atoms with van der Waals surface area (Å²) in [4.78, 5) is 2.34. The van der Waals surface area contributed by atoms with E-state index in [1.807, 2.05) is 12.1 Å². The van der Waals surface area contributed by atoms with Crippen molar-refractivity contribution in [3.05, 3.63) is 41.5 Å². The number of rotatable bonds is 4. The Morgan fingerprint density at radius 1 is 1.33 bits per heavy atom. The van der Waals surface area contributed by atoms with Crippen LogP contribution in [0.2, 0.25) is 0 Å². The molecule has 0 bridgehead atoms. The molecule has 1 aliphatic rings. The van der Waals surface area contributed by atoms with E-state index < -0.39 is 6.10 Å². The van der Waals surface area contributed by atoms with Gasteiger partial charge in [0.05, 0.1) is 12.7 Å². The average Bonchev–Trinajstić information content (AvgIpc) is 2.40. The van der Waals surface area contributed by atoms with Crippen LogP contribution in [0, 0.1) is 0 Å². The van der Waals surface area contributed by atoms with Gasteiger partial charge >= 0.3 is 0 Å². The Hall–Kier alpha value is -1.32. The molecule has 2 rings (SSSR count). The molecule has 0 fully saturated rings. The lowest BCUT2D eigenvalue weighted by Crippen LogP contribution is -2.29. The van der Waals surface area contributed by atoms with Crippen molar-refractivity contribution in [2.45, 2.75) is 19.4 Å². The van der Waals surface area contributed by atoms with Crippen LogP contribution in [0.1, 0.15) is 25.0 Å². The monoisotopic (exact) mass is 247 g/mol. The first kappa shape index (κ1) is 13.1. The third-order valence-corrected chi connectivity index (χ3v) is 3.37. The maximum absolute atomic E-state index is 9.48. The summed E-state index contributed by atoms with van der Waals surface area (Å²) in [6, 6.07) is 8.15. The Balaban J connectivity index is 2.01. The van der Waals surface area contributed by atoms with E-state index in [1.54, 1.807) is 14.0 Å². The van der Waals surface area contributed by atoms with Gasteiger partial charge in [0.25, 0.3) is 0 Å². The molecule has 0 aromatic heterocycles. The molecule has 0 unspecified atom stereocenters. The Morgan fingerprint density at radius 3 is 2.56 bits per heavy atom. The van der Waals surface area contributed by atoms with Gasteiger partial charge in [-0.15, -0.1) is 0 Å². The van der Waals surface area contributed by atoms with E-state index in [2.05, 4.69) is 23.1 Å². The zero-order valence-corrected chi connectivity index (χ0v) is 11.1. The van der Waals surface area contributed by atoms with E-state index in [0.717, 1.165) is 31.7 Å². The molecule has 0 saturated carbocycles. The van der Waals surface area contributed by atoms with E-state index in [0.29, 0.717) is 0 Å². The first-order valence-electron chi connectivity index (χ1n) is 6.40. The van der Waals surface area contributed by atoms with Gasteiger partial charge in [-0.1, -0.05) is 18.2 Å². The maximum atomic E-state index is 9.48. The van der Waals surface area contributed by atoms with Crippen molar-refractivity contribution in [1.82, 2.24) is 0 Å². The number of hydrogen-bond acceptors (Lipinski definition) is 3. The standard InChI is InChI=1S/C15H21NO2/c1-12(17)14-3-5-15(6-4-14)16-9-7-13(8-10-16)11-18-2/h3-7,12,17H,8-11H2,1-2H3/t12-/m0/s1. The largest absolute Gasteiger partial charge is 0.389 e. The number of methoxy groups -OCH3 is 1. The average molecular weight is 247 g/mol. The molecule has 1 heterocycles. The van der Waals surface area contributed by atoms with Gasteiger partial charge in [-0.25, -0.2) is 0 Å². The predicted molar refractivity (Wildman–Crippen MR) is 73.9 cm³/mol. The predicted octanol–water partition coefficient (Wildman–Crippen LogP) is 2.52. The van der Waals surface area contributed by atoms with Crippen molar-refractivity contribution in [1.29, 1.82) is 0 Å². The van der Waals surface area contributed by atoms with Gasteiger partial charge in [0.1, 0.15) is 0 Å². The van der Waals surface area contributed by atoms with Crippen molar-refractivity contribution < 1.29 is 9.84 Å². The smallest absolute Gasteiger partial charge is 0.0761 e. The van der Waals surface area contributed by atoms with Crippen LogP contribution in [-0.2, 0) is 4.74 Å². The van der Waals surface area contributed by atoms with Gasteiger partial charge in [0.15, 0.2) is 0 Å².